The van der Waals surface area contributed by atoms with Crippen LogP contribution in [0.25, 0.3) is 0 Å². The van der Waals surface area contributed by atoms with Gasteiger partial charge >= 0.3 is 0 Å². The minimum Gasteiger partial charge on any atom is -0.341 e. The average molecular weight is 250 g/mol. The highest BCUT2D eigenvalue weighted by molar-refractivity contribution is 6.01. The fourth-order valence-electron chi connectivity index (χ4n) is 2.37. The lowest BCUT2D eigenvalue weighted by Gasteiger charge is -2.39. The van der Waals surface area contributed by atoms with E-state index in [1.807, 2.05) is 11.7 Å². The number of hydrogen-bond acceptors (Lipinski definition) is 3. The van der Waals surface area contributed by atoms with Gasteiger partial charge in [0.05, 0.1) is 12.2 Å². The van der Waals surface area contributed by atoms with Gasteiger partial charge in [0.2, 0.25) is 5.91 Å². The molecule has 0 radical (unpaired) electrons. The van der Waals surface area contributed by atoms with Crippen LogP contribution in [-0.4, -0.2) is 27.8 Å². The monoisotopic (exact) mass is 250 g/mol. The molecular formula is C13H22N4O. The van der Waals surface area contributed by atoms with Gasteiger partial charge in [0, 0.05) is 12.6 Å². The van der Waals surface area contributed by atoms with E-state index in [-0.39, 0.29) is 11.4 Å². The van der Waals surface area contributed by atoms with Crippen molar-refractivity contribution in [1.29, 1.82) is 0 Å². The van der Waals surface area contributed by atoms with E-state index in [2.05, 4.69) is 43.0 Å². The van der Waals surface area contributed by atoms with E-state index in [1.54, 1.807) is 0 Å². The second-order valence-corrected chi connectivity index (χ2v) is 5.82. The number of nitrogens with one attached hydrogen (secondary N) is 1. The SMILES string of the molecule is CCCc1nn(C)c2c1NC(=O)CN2C(C)(C)C. The van der Waals surface area contributed by atoms with Gasteiger partial charge in [-0.2, -0.15) is 5.10 Å². The lowest BCUT2D eigenvalue weighted by Crippen LogP contribution is -2.49. The minimum atomic E-state index is -0.0935. The van der Waals surface area contributed by atoms with Gasteiger partial charge in [-0.25, -0.2) is 0 Å². The average Bonchev–Trinajstić information content (AvgIpc) is 2.54. The molecule has 1 amide bonds. The summed E-state index contributed by atoms with van der Waals surface area (Å²) in [7, 11) is 1.94. The summed E-state index contributed by atoms with van der Waals surface area (Å²) in [5.41, 5.74) is 1.78. The lowest BCUT2D eigenvalue weighted by atomic mass is 10.0. The fraction of sp³-hybridized carbons (Fsp3) is 0.692. The molecule has 0 saturated heterocycles. The standard InChI is InChI=1S/C13H22N4O/c1-6-7-9-11-12(16(5)15-9)17(13(2,3)4)8-10(18)14-11/h6-8H2,1-5H3,(H,14,18). The van der Waals surface area contributed by atoms with E-state index in [4.69, 9.17) is 0 Å². The molecule has 1 aromatic rings. The summed E-state index contributed by atoms with van der Waals surface area (Å²) in [5.74, 6) is 1.06. The van der Waals surface area contributed by atoms with Crippen molar-refractivity contribution in [2.24, 2.45) is 7.05 Å². The maximum Gasteiger partial charge on any atom is 0.244 e. The van der Waals surface area contributed by atoms with Crippen LogP contribution in [0.5, 0.6) is 0 Å². The molecule has 0 spiro atoms. The number of nitrogens with zero attached hydrogens (tertiary/aromatic N) is 3. The molecule has 18 heavy (non-hydrogen) atoms. The van der Waals surface area contributed by atoms with E-state index >= 15 is 0 Å². The zero-order chi connectivity index (χ0) is 13.5. The van der Waals surface area contributed by atoms with Crippen molar-refractivity contribution in [2.75, 3.05) is 16.8 Å². The van der Waals surface area contributed by atoms with Gasteiger partial charge in [-0.1, -0.05) is 13.3 Å². The Morgan fingerprint density at radius 3 is 2.61 bits per heavy atom. The first-order valence-corrected chi connectivity index (χ1v) is 6.48. The van der Waals surface area contributed by atoms with Crippen LogP contribution >= 0.6 is 0 Å². The van der Waals surface area contributed by atoms with Crippen LogP contribution in [0.3, 0.4) is 0 Å². The van der Waals surface area contributed by atoms with Crippen LogP contribution in [0.15, 0.2) is 0 Å². The maximum absolute atomic E-state index is 11.9. The van der Waals surface area contributed by atoms with Crippen LogP contribution in [0.2, 0.25) is 0 Å². The summed E-state index contributed by atoms with van der Waals surface area (Å²) >= 11 is 0. The van der Waals surface area contributed by atoms with Crippen LogP contribution in [0, 0.1) is 0 Å². The maximum atomic E-state index is 11.9. The van der Waals surface area contributed by atoms with Gasteiger partial charge in [-0.05, 0) is 27.2 Å². The summed E-state index contributed by atoms with van der Waals surface area (Å²) in [4.78, 5) is 14.0. The van der Waals surface area contributed by atoms with Crippen LogP contribution in [0.4, 0.5) is 11.5 Å². The highest BCUT2D eigenvalue weighted by Gasteiger charge is 2.34. The number of fused-ring (bicyclic) bond motifs is 1. The van der Waals surface area contributed by atoms with Gasteiger partial charge in [0.25, 0.3) is 0 Å². The predicted molar refractivity (Wildman–Crippen MR) is 72.9 cm³/mol. The molecule has 1 aliphatic heterocycles. The Morgan fingerprint density at radius 2 is 2.06 bits per heavy atom. The first kappa shape index (κ1) is 12.9. The smallest absolute Gasteiger partial charge is 0.244 e. The summed E-state index contributed by atoms with van der Waals surface area (Å²) in [6.45, 7) is 8.85. The highest BCUT2D eigenvalue weighted by Crippen LogP contribution is 2.36. The highest BCUT2D eigenvalue weighted by atomic mass is 16.2. The number of amides is 1. The van der Waals surface area contributed by atoms with Gasteiger partial charge in [0.15, 0.2) is 5.82 Å². The molecule has 1 aliphatic rings. The van der Waals surface area contributed by atoms with Crippen molar-refractivity contribution in [3.05, 3.63) is 5.69 Å². The Kier molecular flexibility index (Phi) is 3.09. The molecular weight excluding hydrogens is 228 g/mol. The largest absolute Gasteiger partial charge is 0.341 e. The Morgan fingerprint density at radius 1 is 1.39 bits per heavy atom. The molecule has 5 heteroatoms. The van der Waals surface area contributed by atoms with Gasteiger partial charge < -0.3 is 10.2 Å². The Bertz CT molecular complexity index is 470. The molecule has 0 fully saturated rings. The quantitative estimate of drug-likeness (QED) is 0.872. The van der Waals surface area contributed by atoms with Crippen molar-refractivity contribution in [1.82, 2.24) is 9.78 Å². The minimum absolute atomic E-state index is 0.0442. The molecule has 0 aliphatic carbocycles. The summed E-state index contributed by atoms with van der Waals surface area (Å²) in [6.07, 6.45) is 1.91. The third kappa shape index (κ3) is 2.09. The lowest BCUT2D eigenvalue weighted by molar-refractivity contribution is -0.115. The molecule has 1 N–H and O–H groups in total. The van der Waals surface area contributed by atoms with Gasteiger partial charge in [0.1, 0.15) is 5.69 Å². The number of rotatable bonds is 2. The molecule has 0 bridgehead atoms. The normalized spacial score (nSPS) is 15.6. The number of anilines is 2. The summed E-state index contributed by atoms with van der Waals surface area (Å²) in [5, 5.41) is 7.51. The number of carbonyl (C=O) groups is 1. The van der Waals surface area contributed by atoms with Gasteiger partial charge in [-0.15, -0.1) is 0 Å². The van der Waals surface area contributed by atoms with Crippen LogP contribution in [-0.2, 0) is 18.3 Å². The first-order chi connectivity index (χ1) is 8.34. The molecule has 1 aromatic heterocycles. The molecule has 0 unspecified atom stereocenters. The third-order valence-electron chi connectivity index (χ3n) is 3.21. The number of hydrogen-bond donors (Lipinski definition) is 1. The van der Waals surface area contributed by atoms with Crippen LogP contribution < -0.4 is 10.2 Å². The number of aryl methyl sites for hydroxylation is 2. The van der Waals surface area contributed by atoms with E-state index in [1.165, 1.54) is 0 Å². The Balaban J connectivity index is 2.52. The third-order valence-corrected chi connectivity index (χ3v) is 3.21. The van der Waals surface area contributed by atoms with E-state index in [0.29, 0.717) is 6.54 Å². The molecule has 5 nitrogen and oxygen atoms in total. The molecule has 0 aromatic carbocycles. The van der Waals surface area contributed by atoms with Crippen molar-refractivity contribution < 1.29 is 4.79 Å². The number of aromatic nitrogens is 2. The predicted octanol–water partition coefficient (Wildman–Crippen LogP) is 1.93. The van der Waals surface area contributed by atoms with Crippen molar-refractivity contribution in [3.8, 4) is 0 Å². The zero-order valence-electron chi connectivity index (χ0n) is 11.9. The topological polar surface area (TPSA) is 50.2 Å². The zero-order valence-corrected chi connectivity index (χ0v) is 11.9. The van der Waals surface area contributed by atoms with Crippen molar-refractivity contribution in [3.63, 3.8) is 0 Å². The van der Waals surface area contributed by atoms with E-state index in [9.17, 15) is 4.79 Å². The molecule has 0 atom stereocenters. The Labute approximate surface area is 108 Å². The molecule has 0 saturated carbocycles. The Hall–Kier alpha value is -1.52. The first-order valence-electron chi connectivity index (χ1n) is 6.48. The van der Waals surface area contributed by atoms with E-state index < -0.39 is 0 Å². The second kappa shape index (κ2) is 4.30. The van der Waals surface area contributed by atoms with Crippen LogP contribution in [0.1, 0.15) is 39.8 Å². The van der Waals surface area contributed by atoms with E-state index in [0.717, 1.165) is 30.0 Å². The summed E-state index contributed by atoms with van der Waals surface area (Å²) in [6, 6.07) is 0. The number of carbonyl (C=O) groups excluding carboxylic acids is 1. The molecule has 100 valence electrons. The molecule has 2 rings (SSSR count). The second-order valence-electron chi connectivity index (χ2n) is 5.82. The van der Waals surface area contributed by atoms with Crippen molar-refractivity contribution in [2.45, 2.75) is 46.1 Å². The fourth-order valence-corrected chi connectivity index (χ4v) is 2.37. The summed E-state index contributed by atoms with van der Waals surface area (Å²) < 4.78 is 1.88. The van der Waals surface area contributed by atoms with Gasteiger partial charge in [-0.3, -0.25) is 9.48 Å². The van der Waals surface area contributed by atoms with Crippen molar-refractivity contribution >= 4 is 17.4 Å². The molecule has 2 heterocycles.